The van der Waals surface area contributed by atoms with Crippen molar-refractivity contribution in [2.24, 2.45) is 0 Å². The van der Waals surface area contributed by atoms with Gasteiger partial charge in [-0.25, -0.2) is 9.59 Å². The smallest absolute Gasteiger partial charge is 0.341 e. The zero-order valence-corrected chi connectivity index (χ0v) is 14.8. The Morgan fingerprint density at radius 1 is 1.08 bits per heavy atom. The number of amides is 3. The second kappa shape index (κ2) is 8.55. The molecular weight excluding hydrogens is 379 g/mol. The molecule has 3 amide bonds. The molecule has 1 aromatic carbocycles. The molecule has 2 rings (SSSR count). The number of hydrogen-bond donors (Lipinski definition) is 2. The van der Waals surface area contributed by atoms with Gasteiger partial charge in [-0.2, -0.15) is 0 Å². The Bertz CT molecular complexity index is 660. The van der Waals surface area contributed by atoms with Gasteiger partial charge in [0.25, 0.3) is 5.91 Å². The standard InChI is InChI=1S/C15H15Cl3N2O4/c16-9-5-6-10(17)13(18)12(9)14(22)24-7-11(21)20-15(23)19-8-3-1-2-4-8/h5-6,8H,1-4,7H2,(H2,19,20,21,23). The van der Waals surface area contributed by atoms with Crippen LogP contribution in [0.4, 0.5) is 4.79 Å². The molecule has 130 valence electrons. The molecule has 1 aromatic rings. The number of rotatable bonds is 4. The first-order valence-corrected chi connectivity index (χ1v) is 8.43. The van der Waals surface area contributed by atoms with Gasteiger partial charge >= 0.3 is 12.0 Å². The average Bonchev–Trinajstić information content (AvgIpc) is 3.02. The molecule has 1 aliphatic carbocycles. The fourth-order valence-electron chi connectivity index (χ4n) is 2.37. The fourth-order valence-corrected chi connectivity index (χ4v) is 3.05. The van der Waals surface area contributed by atoms with E-state index in [4.69, 9.17) is 39.5 Å². The summed E-state index contributed by atoms with van der Waals surface area (Å²) >= 11 is 17.6. The molecule has 0 saturated heterocycles. The zero-order valence-electron chi connectivity index (χ0n) is 12.5. The summed E-state index contributed by atoms with van der Waals surface area (Å²) in [6, 6.07) is 2.29. The molecule has 0 aromatic heterocycles. The number of imide groups is 1. The Balaban J connectivity index is 1.84. The van der Waals surface area contributed by atoms with E-state index < -0.39 is 24.5 Å². The Morgan fingerprint density at radius 3 is 2.38 bits per heavy atom. The van der Waals surface area contributed by atoms with E-state index in [1.54, 1.807) is 0 Å². The van der Waals surface area contributed by atoms with E-state index in [0.717, 1.165) is 25.7 Å². The number of hydrogen-bond acceptors (Lipinski definition) is 4. The maximum atomic E-state index is 12.0. The van der Waals surface area contributed by atoms with Crippen LogP contribution in [0.3, 0.4) is 0 Å². The van der Waals surface area contributed by atoms with Crippen LogP contribution in [0.2, 0.25) is 15.1 Å². The van der Waals surface area contributed by atoms with Crippen molar-refractivity contribution in [3.63, 3.8) is 0 Å². The van der Waals surface area contributed by atoms with Gasteiger partial charge in [0.15, 0.2) is 6.61 Å². The Morgan fingerprint density at radius 2 is 1.71 bits per heavy atom. The Hall–Kier alpha value is -1.50. The summed E-state index contributed by atoms with van der Waals surface area (Å²) in [6.07, 6.45) is 3.89. The molecule has 1 saturated carbocycles. The molecule has 0 atom stereocenters. The van der Waals surface area contributed by atoms with Crippen molar-refractivity contribution in [1.29, 1.82) is 0 Å². The lowest BCUT2D eigenvalue weighted by atomic mass is 10.2. The molecule has 24 heavy (non-hydrogen) atoms. The van der Waals surface area contributed by atoms with E-state index in [0.29, 0.717) is 0 Å². The summed E-state index contributed by atoms with van der Waals surface area (Å²) in [6.45, 7) is -0.643. The summed E-state index contributed by atoms with van der Waals surface area (Å²) in [5, 5.41) is 4.90. The third kappa shape index (κ3) is 5.00. The van der Waals surface area contributed by atoms with E-state index in [1.807, 2.05) is 0 Å². The van der Waals surface area contributed by atoms with E-state index >= 15 is 0 Å². The lowest BCUT2D eigenvalue weighted by Gasteiger charge is -2.12. The molecule has 0 spiro atoms. The molecule has 0 unspecified atom stereocenters. The van der Waals surface area contributed by atoms with Gasteiger partial charge in [0.1, 0.15) is 0 Å². The van der Waals surface area contributed by atoms with Gasteiger partial charge in [0.05, 0.1) is 20.6 Å². The molecule has 0 radical (unpaired) electrons. The van der Waals surface area contributed by atoms with Crippen LogP contribution in [0.1, 0.15) is 36.0 Å². The molecule has 0 aliphatic heterocycles. The maximum Gasteiger partial charge on any atom is 0.341 e. The normalized spacial score (nSPS) is 14.3. The van der Waals surface area contributed by atoms with Gasteiger partial charge in [-0.05, 0) is 25.0 Å². The number of esters is 1. The first kappa shape index (κ1) is 18.8. The highest BCUT2D eigenvalue weighted by atomic mass is 35.5. The number of nitrogens with one attached hydrogen (secondary N) is 2. The van der Waals surface area contributed by atoms with Crippen LogP contribution in [-0.2, 0) is 9.53 Å². The average molecular weight is 394 g/mol. The highest BCUT2D eigenvalue weighted by Crippen LogP contribution is 2.31. The summed E-state index contributed by atoms with van der Waals surface area (Å²) in [5.74, 6) is -1.66. The minimum absolute atomic E-state index is 0.0498. The van der Waals surface area contributed by atoms with Gasteiger partial charge in [0, 0.05) is 6.04 Å². The second-order valence-corrected chi connectivity index (χ2v) is 6.49. The summed E-state index contributed by atoms with van der Waals surface area (Å²) < 4.78 is 4.82. The van der Waals surface area contributed by atoms with Crippen LogP contribution < -0.4 is 10.6 Å². The monoisotopic (exact) mass is 392 g/mol. The predicted octanol–water partition coefficient (Wildman–Crippen LogP) is 3.57. The number of urea groups is 1. The number of carbonyl (C=O) groups excluding carboxylic acids is 3. The van der Waals surface area contributed by atoms with Crippen LogP contribution >= 0.6 is 34.8 Å². The summed E-state index contributed by atoms with van der Waals surface area (Å²) in [4.78, 5) is 35.3. The fraction of sp³-hybridized carbons (Fsp3) is 0.400. The van der Waals surface area contributed by atoms with Crippen LogP contribution in [0.15, 0.2) is 12.1 Å². The number of ether oxygens (including phenoxy) is 1. The van der Waals surface area contributed by atoms with E-state index in [1.165, 1.54) is 12.1 Å². The summed E-state index contributed by atoms with van der Waals surface area (Å²) in [7, 11) is 0. The quantitative estimate of drug-likeness (QED) is 0.605. The molecular formula is C15H15Cl3N2O4. The van der Waals surface area contributed by atoms with E-state index in [-0.39, 0.29) is 26.7 Å². The van der Waals surface area contributed by atoms with Gasteiger partial charge in [-0.3, -0.25) is 10.1 Å². The number of carbonyl (C=O) groups is 3. The first-order valence-electron chi connectivity index (χ1n) is 7.29. The van der Waals surface area contributed by atoms with Gasteiger partial charge in [-0.1, -0.05) is 47.6 Å². The third-order valence-corrected chi connectivity index (χ3v) is 4.65. The Labute approximate surface area is 153 Å². The Kier molecular flexibility index (Phi) is 6.71. The lowest BCUT2D eigenvalue weighted by molar-refractivity contribution is -0.123. The van der Waals surface area contributed by atoms with E-state index in [9.17, 15) is 14.4 Å². The lowest BCUT2D eigenvalue weighted by Crippen LogP contribution is -2.45. The number of benzene rings is 1. The molecule has 9 heteroatoms. The van der Waals surface area contributed by atoms with Crippen LogP contribution in [0, 0.1) is 0 Å². The van der Waals surface area contributed by atoms with Crippen molar-refractivity contribution in [3.8, 4) is 0 Å². The van der Waals surface area contributed by atoms with Crippen molar-refractivity contribution in [1.82, 2.24) is 10.6 Å². The van der Waals surface area contributed by atoms with Gasteiger partial charge < -0.3 is 10.1 Å². The first-order chi connectivity index (χ1) is 11.4. The van der Waals surface area contributed by atoms with Crippen molar-refractivity contribution >= 4 is 52.7 Å². The zero-order chi connectivity index (χ0) is 17.7. The SMILES string of the molecule is O=C(COC(=O)c1c(Cl)ccc(Cl)c1Cl)NC(=O)NC1CCCC1. The largest absolute Gasteiger partial charge is 0.452 e. The van der Waals surface area contributed by atoms with Crippen molar-refractivity contribution in [3.05, 3.63) is 32.8 Å². The molecule has 0 heterocycles. The van der Waals surface area contributed by atoms with Crippen molar-refractivity contribution < 1.29 is 19.1 Å². The maximum absolute atomic E-state index is 12.0. The topological polar surface area (TPSA) is 84.5 Å². The predicted molar refractivity (Wildman–Crippen MR) is 90.7 cm³/mol. The minimum Gasteiger partial charge on any atom is -0.452 e. The molecule has 2 N–H and O–H groups in total. The molecule has 6 nitrogen and oxygen atoms in total. The van der Waals surface area contributed by atoms with Gasteiger partial charge in [0.2, 0.25) is 0 Å². The van der Waals surface area contributed by atoms with Crippen molar-refractivity contribution in [2.75, 3.05) is 6.61 Å². The highest BCUT2D eigenvalue weighted by Gasteiger charge is 2.21. The van der Waals surface area contributed by atoms with Gasteiger partial charge in [-0.15, -0.1) is 0 Å². The summed E-state index contributed by atoms with van der Waals surface area (Å²) in [5.41, 5.74) is -0.131. The molecule has 1 fully saturated rings. The molecule has 0 bridgehead atoms. The highest BCUT2D eigenvalue weighted by molar-refractivity contribution is 6.46. The van der Waals surface area contributed by atoms with Crippen LogP contribution in [-0.4, -0.2) is 30.6 Å². The van der Waals surface area contributed by atoms with Crippen LogP contribution in [0.25, 0.3) is 0 Å². The number of halogens is 3. The molecule has 1 aliphatic rings. The minimum atomic E-state index is -0.904. The van der Waals surface area contributed by atoms with E-state index in [2.05, 4.69) is 10.6 Å². The van der Waals surface area contributed by atoms with Crippen molar-refractivity contribution in [2.45, 2.75) is 31.7 Å². The second-order valence-electron chi connectivity index (χ2n) is 5.30. The van der Waals surface area contributed by atoms with Crippen LogP contribution in [0.5, 0.6) is 0 Å². The third-order valence-electron chi connectivity index (χ3n) is 3.53.